The van der Waals surface area contributed by atoms with E-state index in [4.69, 9.17) is 0 Å². The zero-order valence-corrected chi connectivity index (χ0v) is 10.2. The van der Waals surface area contributed by atoms with Crippen LogP contribution >= 0.6 is 11.8 Å². The molecule has 1 fully saturated rings. The lowest BCUT2D eigenvalue weighted by Crippen LogP contribution is -2.40. The fourth-order valence-electron chi connectivity index (χ4n) is 2.09. The molecule has 3 atom stereocenters. The third-order valence-electron chi connectivity index (χ3n) is 2.70. The molecule has 1 aliphatic heterocycles. The third kappa shape index (κ3) is 3.90. The Morgan fingerprint density at radius 2 is 2.08 bits per heavy atom. The molecule has 0 amide bonds. The lowest BCUT2D eigenvalue weighted by atomic mass is 10.0. The van der Waals surface area contributed by atoms with E-state index in [2.05, 4.69) is 44.8 Å². The van der Waals surface area contributed by atoms with Crippen LogP contribution in [0.3, 0.4) is 0 Å². The molecule has 1 N–H and O–H groups in total. The van der Waals surface area contributed by atoms with Gasteiger partial charge in [0.25, 0.3) is 0 Å². The molecule has 0 saturated carbocycles. The van der Waals surface area contributed by atoms with E-state index in [1.807, 2.05) is 0 Å². The van der Waals surface area contributed by atoms with Crippen molar-refractivity contribution in [3.8, 4) is 0 Å². The van der Waals surface area contributed by atoms with Gasteiger partial charge in [0, 0.05) is 17.3 Å². The Morgan fingerprint density at radius 3 is 2.54 bits per heavy atom. The average Bonchev–Trinajstić information content (AvgIpc) is 2.34. The molecule has 1 aliphatic rings. The van der Waals surface area contributed by atoms with Gasteiger partial charge in [-0.2, -0.15) is 11.8 Å². The molecule has 0 aromatic heterocycles. The zero-order chi connectivity index (χ0) is 9.84. The van der Waals surface area contributed by atoms with Crippen molar-refractivity contribution < 1.29 is 0 Å². The molecule has 1 nitrogen and oxygen atoms in total. The Labute approximate surface area is 87.1 Å². The van der Waals surface area contributed by atoms with E-state index in [0.717, 1.165) is 17.2 Å². The van der Waals surface area contributed by atoms with E-state index in [1.165, 1.54) is 18.6 Å². The fraction of sp³-hybridized carbons (Fsp3) is 1.00. The van der Waals surface area contributed by atoms with Gasteiger partial charge in [-0.1, -0.05) is 20.8 Å². The third-order valence-corrected chi connectivity index (χ3v) is 4.03. The average molecular weight is 201 g/mol. The molecule has 3 unspecified atom stereocenters. The summed E-state index contributed by atoms with van der Waals surface area (Å²) >= 11 is 2.10. The minimum Gasteiger partial charge on any atom is -0.310 e. The van der Waals surface area contributed by atoms with Crippen LogP contribution in [0.4, 0.5) is 0 Å². The van der Waals surface area contributed by atoms with E-state index in [-0.39, 0.29) is 0 Å². The number of rotatable bonds is 4. The Hall–Kier alpha value is 0.310. The second-order valence-electron chi connectivity index (χ2n) is 4.67. The fourth-order valence-corrected chi connectivity index (χ4v) is 3.30. The van der Waals surface area contributed by atoms with E-state index >= 15 is 0 Å². The maximum atomic E-state index is 3.74. The van der Waals surface area contributed by atoms with Crippen molar-refractivity contribution in [2.45, 2.75) is 57.9 Å². The topological polar surface area (TPSA) is 12.0 Å². The van der Waals surface area contributed by atoms with Crippen LogP contribution in [0.2, 0.25) is 0 Å². The van der Waals surface area contributed by atoms with Gasteiger partial charge in [-0.15, -0.1) is 0 Å². The van der Waals surface area contributed by atoms with Crippen LogP contribution in [-0.4, -0.2) is 23.1 Å². The second-order valence-corrected chi connectivity index (χ2v) is 6.15. The summed E-state index contributed by atoms with van der Waals surface area (Å²) in [6.45, 7) is 9.25. The van der Waals surface area contributed by atoms with Crippen molar-refractivity contribution in [3.63, 3.8) is 0 Å². The van der Waals surface area contributed by atoms with Gasteiger partial charge in [-0.05, 0) is 31.4 Å². The van der Waals surface area contributed by atoms with Crippen LogP contribution in [0.5, 0.6) is 0 Å². The van der Waals surface area contributed by atoms with Crippen LogP contribution in [0.1, 0.15) is 40.5 Å². The van der Waals surface area contributed by atoms with E-state index in [0.29, 0.717) is 6.04 Å². The summed E-state index contributed by atoms with van der Waals surface area (Å²) in [6, 6.07) is 1.45. The maximum absolute atomic E-state index is 3.74. The minimum absolute atomic E-state index is 0.686. The van der Waals surface area contributed by atoms with Crippen LogP contribution in [0.25, 0.3) is 0 Å². The lowest BCUT2D eigenvalue weighted by Gasteiger charge is -2.23. The van der Waals surface area contributed by atoms with Gasteiger partial charge in [0.2, 0.25) is 0 Å². The van der Waals surface area contributed by atoms with Gasteiger partial charge in [-0.25, -0.2) is 0 Å². The molecule has 13 heavy (non-hydrogen) atoms. The van der Waals surface area contributed by atoms with Crippen LogP contribution < -0.4 is 5.32 Å². The van der Waals surface area contributed by atoms with Crippen LogP contribution in [0.15, 0.2) is 0 Å². The smallest absolute Gasteiger partial charge is 0.0194 e. The number of thioether (sulfide) groups is 1. The van der Waals surface area contributed by atoms with E-state index in [9.17, 15) is 0 Å². The van der Waals surface area contributed by atoms with Gasteiger partial charge in [0.05, 0.1) is 0 Å². The first kappa shape index (κ1) is 11.4. The molecular weight excluding hydrogens is 178 g/mol. The molecule has 0 spiro atoms. The summed E-state index contributed by atoms with van der Waals surface area (Å²) in [5.74, 6) is 2.15. The maximum Gasteiger partial charge on any atom is 0.0194 e. The van der Waals surface area contributed by atoms with Crippen molar-refractivity contribution in [3.05, 3.63) is 0 Å². The van der Waals surface area contributed by atoms with Gasteiger partial charge in [0.1, 0.15) is 0 Å². The molecule has 1 saturated heterocycles. The van der Waals surface area contributed by atoms with Crippen molar-refractivity contribution in [1.29, 1.82) is 0 Å². The summed E-state index contributed by atoms with van der Waals surface area (Å²) in [5.41, 5.74) is 0. The Balaban J connectivity index is 2.22. The molecule has 1 rings (SSSR count). The minimum atomic E-state index is 0.686. The number of nitrogens with one attached hydrogen (secondary N) is 1. The molecule has 0 radical (unpaired) electrons. The normalized spacial score (nSPS) is 31.2. The predicted molar refractivity (Wildman–Crippen MR) is 62.4 cm³/mol. The first-order chi connectivity index (χ1) is 6.09. The Bertz CT molecular complexity index is 147. The predicted octanol–water partition coefficient (Wildman–Crippen LogP) is 2.90. The van der Waals surface area contributed by atoms with Crippen molar-refractivity contribution in [2.24, 2.45) is 5.92 Å². The molecule has 0 aromatic carbocycles. The van der Waals surface area contributed by atoms with Gasteiger partial charge in [-0.3, -0.25) is 0 Å². The molecule has 0 aromatic rings. The molecule has 0 aliphatic carbocycles. The van der Waals surface area contributed by atoms with E-state index in [1.54, 1.807) is 0 Å². The highest BCUT2D eigenvalue weighted by atomic mass is 32.2. The van der Waals surface area contributed by atoms with Gasteiger partial charge in [0.15, 0.2) is 0 Å². The standard InChI is InChI=1S/C11H23NS/c1-8(2)7-9(3)12-11-5-6-13-10(11)4/h8-12H,5-7H2,1-4H3. The molecule has 2 heteroatoms. The number of hydrogen-bond donors (Lipinski definition) is 1. The summed E-state index contributed by atoms with van der Waals surface area (Å²) < 4.78 is 0. The molecule has 1 heterocycles. The highest BCUT2D eigenvalue weighted by Gasteiger charge is 2.24. The largest absolute Gasteiger partial charge is 0.310 e. The van der Waals surface area contributed by atoms with Crippen molar-refractivity contribution in [1.82, 2.24) is 5.32 Å². The van der Waals surface area contributed by atoms with Crippen LogP contribution in [0, 0.1) is 5.92 Å². The Kier molecular flexibility index (Phi) is 4.60. The second kappa shape index (κ2) is 5.26. The molecule has 0 bridgehead atoms. The number of hydrogen-bond acceptors (Lipinski definition) is 2. The molecule has 78 valence electrons. The summed E-state index contributed by atoms with van der Waals surface area (Å²) in [5, 5.41) is 4.55. The Morgan fingerprint density at radius 1 is 1.38 bits per heavy atom. The lowest BCUT2D eigenvalue weighted by molar-refractivity contribution is 0.388. The zero-order valence-electron chi connectivity index (χ0n) is 9.34. The summed E-state index contributed by atoms with van der Waals surface area (Å²) in [7, 11) is 0. The molecular formula is C11H23NS. The van der Waals surface area contributed by atoms with Crippen molar-refractivity contribution >= 4 is 11.8 Å². The monoisotopic (exact) mass is 201 g/mol. The van der Waals surface area contributed by atoms with Crippen LogP contribution in [-0.2, 0) is 0 Å². The first-order valence-corrected chi connectivity index (χ1v) is 6.52. The highest BCUT2D eigenvalue weighted by Crippen LogP contribution is 2.26. The SMILES string of the molecule is CC(C)CC(C)NC1CCSC1C. The first-order valence-electron chi connectivity index (χ1n) is 5.47. The summed E-state index contributed by atoms with van der Waals surface area (Å²) in [6.07, 6.45) is 2.65. The highest BCUT2D eigenvalue weighted by molar-refractivity contribution is 8.00. The quantitative estimate of drug-likeness (QED) is 0.750. The van der Waals surface area contributed by atoms with Crippen molar-refractivity contribution in [2.75, 3.05) is 5.75 Å². The van der Waals surface area contributed by atoms with Gasteiger partial charge >= 0.3 is 0 Å². The van der Waals surface area contributed by atoms with Gasteiger partial charge < -0.3 is 5.32 Å². The summed E-state index contributed by atoms with van der Waals surface area (Å²) in [4.78, 5) is 0. The van der Waals surface area contributed by atoms with E-state index < -0.39 is 0 Å².